The number of nitrogens with zero attached hydrogens (tertiary/aromatic N) is 1. The van der Waals surface area contributed by atoms with Crippen molar-refractivity contribution in [2.24, 2.45) is 0 Å². The number of aryl methyl sites for hydroxylation is 1. The van der Waals surface area contributed by atoms with Gasteiger partial charge in [0.25, 0.3) is 0 Å². The molecule has 17 heavy (non-hydrogen) atoms. The van der Waals surface area contributed by atoms with Gasteiger partial charge in [0.2, 0.25) is 0 Å². The molecule has 0 aliphatic carbocycles. The van der Waals surface area contributed by atoms with Crippen molar-refractivity contribution in [1.82, 2.24) is 15.3 Å². The molecule has 0 saturated carbocycles. The van der Waals surface area contributed by atoms with E-state index in [2.05, 4.69) is 22.2 Å². The molecule has 0 aliphatic rings. The van der Waals surface area contributed by atoms with Crippen LogP contribution in [0.1, 0.15) is 36.7 Å². The van der Waals surface area contributed by atoms with Gasteiger partial charge in [-0.3, -0.25) is 0 Å². The van der Waals surface area contributed by atoms with Crippen molar-refractivity contribution >= 4 is 0 Å². The van der Waals surface area contributed by atoms with E-state index < -0.39 is 0 Å². The molecule has 0 aromatic carbocycles. The van der Waals surface area contributed by atoms with Crippen molar-refractivity contribution in [3.63, 3.8) is 0 Å². The first-order valence-electron chi connectivity index (χ1n) is 6.07. The highest BCUT2D eigenvalue weighted by Crippen LogP contribution is 2.19. The van der Waals surface area contributed by atoms with Crippen LogP contribution in [-0.2, 0) is 6.42 Å². The van der Waals surface area contributed by atoms with Crippen LogP contribution in [0, 0.1) is 6.92 Å². The highest BCUT2D eigenvalue weighted by molar-refractivity contribution is 5.11. The normalized spacial score (nSPS) is 12.8. The summed E-state index contributed by atoms with van der Waals surface area (Å²) in [5.41, 5.74) is 0. The van der Waals surface area contributed by atoms with Crippen molar-refractivity contribution in [2.75, 3.05) is 6.54 Å². The molecule has 2 heterocycles. The molecule has 2 rings (SSSR count). The highest BCUT2D eigenvalue weighted by atomic mass is 16.3. The second-order valence-corrected chi connectivity index (χ2v) is 4.20. The summed E-state index contributed by atoms with van der Waals surface area (Å²) in [6, 6.07) is 4.22. The van der Waals surface area contributed by atoms with Crippen molar-refractivity contribution in [3.8, 4) is 0 Å². The lowest BCUT2D eigenvalue weighted by atomic mass is 10.1. The lowest BCUT2D eigenvalue weighted by molar-refractivity contribution is 0.395. The van der Waals surface area contributed by atoms with Gasteiger partial charge in [-0.05, 0) is 32.0 Å². The van der Waals surface area contributed by atoms with E-state index in [0.29, 0.717) is 0 Å². The van der Waals surface area contributed by atoms with Gasteiger partial charge in [0.05, 0.1) is 6.04 Å². The third-order valence-electron chi connectivity index (χ3n) is 2.70. The van der Waals surface area contributed by atoms with Gasteiger partial charge in [0.15, 0.2) is 0 Å². The molecule has 2 N–H and O–H groups in total. The van der Waals surface area contributed by atoms with E-state index in [1.165, 1.54) is 0 Å². The van der Waals surface area contributed by atoms with Crippen LogP contribution in [-0.4, -0.2) is 16.5 Å². The first kappa shape index (κ1) is 11.9. The fourth-order valence-corrected chi connectivity index (χ4v) is 1.84. The summed E-state index contributed by atoms with van der Waals surface area (Å²) in [5, 5.41) is 3.48. The Kier molecular flexibility index (Phi) is 3.98. The Morgan fingerprint density at radius 1 is 1.47 bits per heavy atom. The summed E-state index contributed by atoms with van der Waals surface area (Å²) >= 11 is 0. The summed E-state index contributed by atoms with van der Waals surface area (Å²) in [5.74, 6) is 2.91. The molecule has 0 aliphatic heterocycles. The summed E-state index contributed by atoms with van der Waals surface area (Å²) in [6.07, 6.45) is 5.55. The Hall–Kier alpha value is -1.55. The smallest absolute Gasteiger partial charge is 0.121 e. The van der Waals surface area contributed by atoms with Crippen molar-refractivity contribution < 1.29 is 4.42 Å². The number of hydrogen-bond donors (Lipinski definition) is 2. The predicted molar refractivity (Wildman–Crippen MR) is 66.8 cm³/mol. The molecule has 0 bridgehead atoms. The Morgan fingerprint density at radius 2 is 2.35 bits per heavy atom. The number of rotatable bonds is 6. The first-order valence-corrected chi connectivity index (χ1v) is 6.07. The Labute approximate surface area is 101 Å². The van der Waals surface area contributed by atoms with Gasteiger partial charge in [0.1, 0.15) is 17.3 Å². The lowest BCUT2D eigenvalue weighted by Gasteiger charge is -2.14. The number of H-pyrrole nitrogens is 1. The minimum atomic E-state index is 0.190. The summed E-state index contributed by atoms with van der Waals surface area (Å²) < 4.78 is 5.69. The number of nitrogens with one attached hydrogen (secondary N) is 2. The fraction of sp³-hybridized carbons (Fsp3) is 0.462. The molecule has 92 valence electrons. The number of hydrogen-bond acceptors (Lipinski definition) is 3. The first-order chi connectivity index (χ1) is 8.29. The third kappa shape index (κ3) is 3.20. The molecular weight excluding hydrogens is 214 g/mol. The molecule has 0 saturated heterocycles. The van der Waals surface area contributed by atoms with Crippen LogP contribution in [0.4, 0.5) is 0 Å². The van der Waals surface area contributed by atoms with E-state index in [0.717, 1.165) is 36.7 Å². The predicted octanol–water partition coefficient (Wildman–Crippen LogP) is 2.59. The molecular formula is C13H19N3O. The SMILES string of the molecule is CCCNC(Cc1ncc[nH]1)c1ccc(C)o1. The highest BCUT2D eigenvalue weighted by Gasteiger charge is 2.16. The molecule has 2 aromatic rings. The molecule has 0 fully saturated rings. The molecule has 4 nitrogen and oxygen atoms in total. The fourth-order valence-electron chi connectivity index (χ4n) is 1.84. The van der Waals surface area contributed by atoms with Gasteiger partial charge in [0, 0.05) is 18.8 Å². The standard InChI is InChI=1S/C13H19N3O/c1-3-6-14-11(9-13-15-7-8-16-13)12-5-4-10(2)17-12/h4-5,7-8,11,14H,3,6,9H2,1-2H3,(H,15,16). The number of imidazole rings is 1. The molecule has 0 amide bonds. The topological polar surface area (TPSA) is 53.9 Å². The van der Waals surface area contributed by atoms with E-state index in [1.54, 1.807) is 6.20 Å². The zero-order valence-corrected chi connectivity index (χ0v) is 10.4. The van der Waals surface area contributed by atoms with E-state index in [4.69, 9.17) is 4.42 Å². The van der Waals surface area contributed by atoms with Crippen LogP contribution in [0.2, 0.25) is 0 Å². The van der Waals surface area contributed by atoms with Crippen LogP contribution >= 0.6 is 0 Å². The van der Waals surface area contributed by atoms with Crippen LogP contribution in [0.3, 0.4) is 0 Å². The van der Waals surface area contributed by atoms with Crippen molar-refractivity contribution in [1.29, 1.82) is 0 Å². The Balaban J connectivity index is 2.07. The molecule has 0 radical (unpaired) electrons. The zero-order chi connectivity index (χ0) is 12.1. The monoisotopic (exact) mass is 233 g/mol. The largest absolute Gasteiger partial charge is 0.465 e. The van der Waals surface area contributed by atoms with Crippen molar-refractivity contribution in [3.05, 3.63) is 41.9 Å². The molecule has 1 atom stereocenters. The molecule has 1 unspecified atom stereocenters. The van der Waals surface area contributed by atoms with E-state index in [-0.39, 0.29) is 6.04 Å². The molecule has 4 heteroatoms. The Morgan fingerprint density at radius 3 is 2.94 bits per heavy atom. The third-order valence-corrected chi connectivity index (χ3v) is 2.70. The average molecular weight is 233 g/mol. The second-order valence-electron chi connectivity index (χ2n) is 4.20. The summed E-state index contributed by atoms with van der Waals surface area (Å²) in [4.78, 5) is 7.39. The maximum Gasteiger partial charge on any atom is 0.121 e. The van der Waals surface area contributed by atoms with Gasteiger partial charge in [-0.2, -0.15) is 0 Å². The number of furan rings is 1. The lowest BCUT2D eigenvalue weighted by Crippen LogP contribution is -2.24. The van der Waals surface area contributed by atoms with E-state index in [1.807, 2.05) is 25.3 Å². The minimum Gasteiger partial charge on any atom is -0.465 e. The van der Waals surface area contributed by atoms with Gasteiger partial charge in [-0.25, -0.2) is 4.98 Å². The van der Waals surface area contributed by atoms with Gasteiger partial charge in [-0.15, -0.1) is 0 Å². The number of aromatic amines is 1. The maximum atomic E-state index is 5.69. The Bertz CT molecular complexity index is 433. The van der Waals surface area contributed by atoms with E-state index in [9.17, 15) is 0 Å². The summed E-state index contributed by atoms with van der Waals surface area (Å²) in [6.45, 7) is 5.10. The maximum absolute atomic E-state index is 5.69. The second kappa shape index (κ2) is 5.68. The van der Waals surface area contributed by atoms with Crippen LogP contribution in [0.5, 0.6) is 0 Å². The quantitative estimate of drug-likeness (QED) is 0.806. The average Bonchev–Trinajstić information content (AvgIpc) is 2.95. The molecule has 2 aromatic heterocycles. The summed E-state index contributed by atoms with van der Waals surface area (Å²) in [7, 11) is 0. The zero-order valence-electron chi connectivity index (χ0n) is 10.4. The van der Waals surface area contributed by atoms with Gasteiger partial charge >= 0.3 is 0 Å². The number of aromatic nitrogens is 2. The van der Waals surface area contributed by atoms with E-state index >= 15 is 0 Å². The van der Waals surface area contributed by atoms with Crippen molar-refractivity contribution in [2.45, 2.75) is 32.7 Å². The van der Waals surface area contributed by atoms with Crippen LogP contribution in [0.25, 0.3) is 0 Å². The molecule has 0 spiro atoms. The van der Waals surface area contributed by atoms with Crippen LogP contribution in [0.15, 0.2) is 28.9 Å². The van der Waals surface area contributed by atoms with Gasteiger partial charge in [-0.1, -0.05) is 6.92 Å². The van der Waals surface area contributed by atoms with Gasteiger partial charge < -0.3 is 14.7 Å². The minimum absolute atomic E-state index is 0.190. The van der Waals surface area contributed by atoms with Crippen LogP contribution < -0.4 is 5.32 Å².